The first-order valence-corrected chi connectivity index (χ1v) is 6.68. The molecule has 3 nitrogen and oxygen atoms in total. The number of hydrazine groups is 1. The summed E-state index contributed by atoms with van der Waals surface area (Å²) in [5.74, 6) is 5.62. The van der Waals surface area contributed by atoms with Gasteiger partial charge in [0.05, 0.1) is 11.7 Å². The Hall–Kier alpha value is -1.13. The Morgan fingerprint density at radius 3 is 2.68 bits per heavy atom. The third kappa shape index (κ3) is 3.67. The van der Waals surface area contributed by atoms with E-state index in [4.69, 9.17) is 29.0 Å². The molecule has 0 bridgehead atoms. The van der Waals surface area contributed by atoms with E-state index in [-0.39, 0.29) is 6.04 Å². The molecular formula is C14H15Cl2N3. The molecule has 0 fully saturated rings. The normalized spacial score (nSPS) is 12.4. The van der Waals surface area contributed by atoms with E-state index in [2.05, 4.69) is 10.4 Å². The molecular weight excluding hydrogens is 281 g/mol. The van der Waals surface area contributed by atoms with Crippen LogP contribution in [0.1, 0.15) is 22.9 Å². The third-order valence-corrected chi connectivity index (χ3v) is 3.52. The van der Waals surface area contributed by atoms with Crippen molar-refractivity contribution in [1.29, 1.82) is 0 Å². The second-order valence-corrected chi connectivity index (χ2v) is 5.26. The summed E-state index contributed by atoms with van der Waals surface area (Å²) in [4.78, 5) is 4.34. The van der Waals surface area contributed by atoms with Gasteiger partial charge in [-0.3, -0.25) is 16.3 Å². The minimum atomic E-state index is -0.0847. The van der Waals surface area contributed by atoms with Crippen LogP contribution in [0.5, 0.6) is 0 Å². The number of hydrogen-bond acceptors (Lipinski definition) is 3. The zero-order chi connectivity index (χ0) is 13.8. The third-order valence-electron chi connectivity index (χ3n) is 2.93. The summed E-state index contributed by atoms with van der Waals surface area (Å²) in [5.41, 5.74) is 5.81. The minimum absolute atomic E-state index is 0.0847. The zero-order valence-corrected chi connectivity index (χ0v) is 12.0. The topological polar surface area (TPSA) is 50.9 Å². The summed E-state index contributed by atoms with van der Waals surface area (Å²) < 4.78 is 0. The molecule has 0 aliphatic heterocycles. The molecule has 3 N–H and O–H groups in total. The van der Waals surface area contributed by atoms with Crippen molar-refractivity contribution in [2.75, 3.05) is 0 Å². The van der Waals surface area contributed by atoms with Crippen molar-refractivity contribution in [2.45, 2.75) is 19.4 Å². The van der Waals surface area contributed by atoms with Crippen molar-refractivity contribution < 1.29 is 0 Å². The molecule has 0 radical (unpaired) electrons. The average Bonchev–Trinajstić information content (AvgIpc) is 2.38. The number of aromatic nitrogens is 1. The van der Waals surface area contributed by atoms with E-state index in [1.165, 1.54) is 0 Å². The Morgan fingerprint density at radius 1 is 1.26 bits per heavy atom. The number of nitrogens with two attached hydrogens (primary N) is 1. The molecule has 1 atom stereocenters. The van der Waals surface area contributed by atoms with Crippen LogP contribution in [0.25, 0.3) is 0 Å². The summed E-state index contributed by atoms with van der Waals surface area (Å²) in [5, 5.41) is 1.26. The zero-order valence-electron chi connectivity index (χ0n) is 10.5. The predicted molar refractivity (Wildman–Crippen MR) is 79.2 cm³/mol. The highest BCUT2D eigenvalue weighted by Gasteiger charge is 2.14. The highest BCUT2D eigenvalue weighted by Crippen LogP contribution is 2.25. The van der Waals surface area contributed by atoms with Gasteiger partial charge >= 0.3 is 0 Å². The van der Waals surface area contributed by atoms with Crippen LogP contribution in [0, 0.1) is 6.92 Å². The van der Waals surface area contributed by atoms with Gasteiger partial charge < -0.3 is 0 Å². The van der Waals surface area contributed by atoms with Crippen molar-refractivity contribution in [2.24, 2.45) is 5.84 Å². The smallest absolute Gasteiger partial charge is 0.0673 e. The molecule has 100 valence electrons. The van der Waals surface area contributed by atoms with Gasteiger partial charge in [-0.25, -0.2) is 0 Å². The predicted octanol–water partition coefficient (Wildman–Crippen LogP) is 3.44. The standard InChI is InChI=1S/C14H15Cl2N3/c1-9-4-5-18-13(6-9)14(19-17)7-10-2-3-11(15)8-12(10)16/h2-6,8,14,19H,7,17H2,1H3. The van der Waals surface area contributed by atoms with Crippen molar-refractivity contribution in [3.8, 4) is 0 Å². The van der Waals surface area contributed by atoms with E-state index in [9.17, 15) is 0 Å². The van der Waals surface area contributed by atoms with E-state index in [1.54, 1.807) is 12.3 Å². The lowest BCUT2D eigenvalue weighted by Crippen LogP contribution is -2.30. The summed E-state index contributed by atoms with van der Waals surface area (Å²) in [6.45, 7) is 2.02. The lowest BCUT2D eigenvalue weighted by atomic mass is 10.0. The van der Waals surface area contributed by atoms with Crippen LogP contribution in [0.2, 0.25) is 10.0 Å². The molecule has 0 spiro atoms. The number of benzene rings is 1. The number of hydrogen-bond donors (Lipinski definition) is 2. The molecule has 0 saturated heterocycles. The molecule has 1 unspecified atom stereocenters. The maximum Gasteiger partial charge on any atom is 0.0673 e. The molecule has 0 amide bonds. The van der Waals surface area contributed by atoms with E-state index in [1.807, 2.05) is 31.2 Å². The molecule has 1 aromatic heterocycles. The van der Waals surface area contributed by atoms with Crippen molar-refractivity contribution >= 4 is 23.2 Å². The largest absolute Gasteiger partial charge is 0.271 e. The fourth-order valence-corrected chi connectivity index (χ4v) is 2.39. The van der Waals surface area contributed by atoms with Gasteiger partial charge in [-0.05, 0) is 48.7 Å². The SMILES string of the molecule is Cc1ccnc(C(Cc2ccc(Cl)cc2Cl)NN)c1. The van der Waals surface area contributed by atoms with Crippen LogP contribution < -0.4 is 11.3 Å². The molecule has 2 rings (SSSR count). The number of aryl methyl sites for hydroxylation is 1. The van der Waals surface area contributed by atoms with E-state index in [0.717, 1.165) is 16.8 Å². The fraction of sp³-hybridized carbons (Fsp3) is 0.214. The number of pyridine rings is 1. The number of halogens is 2. The van der Waals surface area contributed by atoms with Crippen LogP contribution in [-0.2, 0) is 6.42 Å². The Labute approximate surface area is 122 Å². The lowest BCUT2D eigenvalue weighted by molar-refractivity contribution is 0.538. The van der Waals surface area contributed by atoms with Crippen LogP contribution in [-0.4, -0.2) is 4.98 Å². The monoisotopic (exact) mass is 295 g/mol. The number of nitrogens with one attached hydrogen (secondary N) is 1. The van der Waals surface area contributed by atoms with Crippen LogP contribution in [0.15, 0.2) is 36.5 Å². The first kappa shape index (κ1) is 14.3. The van der Waals surface area contributed by atoms with Crippen molar-refractivity contribution in [3.63, 3.8) is 0 Å². The summed E-state index contributed by atoms with van der Waals surface area (Å²) >= 11 is 12.1. The Bertz CT molecular complexity index is 572. The summed E-state index contributed by atoms with van der Waals surface area (Å²) in [6.07, 6.45) is 2.43. The quantitative estimate of drug-likeness (QED) is 0.671. The molecule has 0 aliphatic carbocycles. The molecule has 19 heavy (non-hydrogen) atoms. The van der Waals surface area contributed by atoms with Gasteiger partial charge in [0.25, 0.3) is 0 Å². The molecule has 1 heterocycles. The average molecular weight is 296 g/mol. The Balaban J connectivity index is 2.24. The maximum atomic E-state index is 6.18. The first-order chi connectivity index (χ1) is 9.10. The van der Waals surface area contributed by atoms with Crippen LogP contribution in [0.4, 0.5) is 0 Å². The Morgan fingerprint density at radius 2 is 2.05 bits per heavy atom. The van der Waals surface area contributed by atoms with E-state index >= 15 is 0 Å². The van der Waals surface area contributed by atoms with Gasteiger partial charge in [0.15, 0.2) is 0 Å². The fourth-order valence-electron chi connectivity index (χ4n) is 1.91. The minimum Gasteiger partial charge on any atom is -0.271 e. The van der Waals surface area contributed by atoms with Gasteiger partial charge in [0.1, 0.15) is 0 Å². The van der Waals surface area contributed by atoms with Gasteiger partial charge in [-0.1, -0.05) is 29.3 Å². The van der Waals surface area contributed by atoms with Crippen LogP contribution in [0.3, 0.4) is 0 Å². The first-order valence-electron chi connectivity index (χ1n) is 5.92. The lowest BCUT2D eigenvalue weighted by Gasteiger charge is -2.16. The second-order valence-electron chi connectivity index (χ2n) is 4.42. The number of rotatable bonds is 4. The molecule has 1 aromatic carbocycles. The van der Waals surface area contributed by atoms with Gasteiger partial charge in [0, 0.05) is 16.2 Å². The molecule has 5 heteroatoms. The summed E-state index contributed by atoms with van der Waals surface area (Å²) in [6, 6.07) is 9.33. The summed E-state index contributed by atoms with van der Waals surface area (Å²) in [7, 11) is 0. The highest BCUT2D eigenvalue weighted by atomic mass is 35.5. The number of nitrogens with zero attached hydrogens (tertiary/aromatic N) is 1. The highest BCUT2D eigenvalue weighted by molar-refractivity contribution is 6.35. The van der Waals surface area contributed by atoms with Crippen molar-refractivity contribution in [3.05, 3.63) is 63.4 Å². The molecule has 0 aliphatic rings. The van der Waals surface area contributed by atoms with Gasteiger partial charge in [0.2, 0.25) is 0 Å². The van der Waals surface area contributed by atoms with Crippen LogP contribution >= 0.6 is 23.2 Å². The molecule has 2 aromatic rings. The van der Waals surface area contributed by atoms with Gasteiger partial charge in [-0.15, -0.1) is 0 Å². The molecule has 0 saturated carbocycles. The van der Waals surface area contributed by atoms with Crippen molar-refractivity contribution in [1.82, 2.24) is 10.4 Å². The Kier molecular flexibility index (Phi) is 4.77. The van der Waals surface area contributed by atoms with E-state index in [0.29, 0.717) is 16.5 Å². The second kappa shape index (κ2) is 6.35. The maximum absolute atomic E-state index is 6.18. The van der Waals surface area contributed by atoms with Gasteiger partial charge in [-0.2, -0.15) is 0 Å². The van der Waals surface area contributed by atoms with E-state index < -0.39 is 0 Å².